The smallest absolute Gasteiger partial charge is 0.227 e. The largest absolute Gasteiger partial charge is 0.485 e. The summed E-state index contributed by atoms with van der Waals surface area (Å²) in [6.07, 6.45) is 1.42. The van der Waals surface area contributed by atoms with Gasteiger partial charge in [0.2, 0.25) is 5.91 Å². The van der Waals surface area contributed by atoms with Crippen LogP contribution in [0.1, 0.15) is 23.2 Å². The Labute approximate surface area is 143 Å². The van der Waals surface area contributed by atoms with E-state index < -0.39 is 5.82 Å². The molecule has 1 aliphatic rings. The van der Waals surface area contributed by atoms with Gasteiger partial charge >= 0.3 is 0 Å². The standard InChI is InChI=1S/C18H15ClFNO3/c19-15-10-14(7-8-16(15)20)24-11-17(22)12-3-5-13(6-4-12)21-9-1-2-18(21)23/h3-8,10H,1-2,9,11H2. The third kappa shape index (κ3) is 3.57. The molecule has 0 aliphatic carbocycles. The number of ether oxygens (including phenoxy) is 1. The fourth-order valence-electron chi connectivity index (χ4n) is 2.55. The molecule has 24 heavy (non-hydrogen) atoms. The molecule has 0 bridgehead atoms. The van der Waals surface area contributed by atoms with Crippen LogP contribution >= 0.6 is 11.6 Å². The summed E-state index contributed by atoms with van der Waals surface area (Å²) in [5.41, 5.74) is 1.28. The molecule has 2 aromatic rings. The Morgan fingerprint density at radius 2 is 1.96 bits per heavy atom. The van der Waals surface area contributed by atoms with Gasteiger partial charge in [-0.05, 0) is 42.8 Å². The molecule has 124 valence electrons. The summed E-state index contributed by atoms with van der Waals surface area (Å²) in [4.78, 5) is 25.6. The van der Waals surface area contributed by atoms with Crippen LogP contribution in [-0.2, 0) is 4.79 Å². The number of halogens is 2. The van der Waals surface area contributed by atoms with E-state index in [0.29, 0.717) is 24.3 Å². The van der Waals surface area contributed by atoms with Crippen LogP contribution < -0.4 is 9.64 Å². The maximum atomic E-state index is 13.1. The fraction of sp³-hybridized carbons (Fsp3) is 0.222. The van der Waals surface area contributed by atoms with Crippen molar-refractivity contribution in [2.45, 2.75) is 12.8 Å². The van der Waals surface area contributed by atoms with E-state index in [0.717, 1.165) is 12.1 Å². The SMILES string of the molecule is O=C(COc1ccc(F)c(Cl)c1)c1ccc(N2CCCC2=O)cc1. The zero-order valence-corrected chi connectivity index (χ0v) is 13.6. The number of nitrogens with zero attached hydrogens (tertiary/aromatic N) is 1. The summed E-state index contributed by atoms with van der Waals surface area (Å²) in [5, 5.41) is -0.0559. The second-order valence-electron chi connectivity index (χ2n) is 5.48. The van der Waals surface area contributed by atoms with Crippen molar-refractivity contribution in [2.24, 2.45) is 0 Å². The monoisotopic (exact) mass is 347 g/mol. The first-order valence-electron chi connectivity index (χ1n) is 7.56. The highest BCUT2D eigenvalue weighted by molar-refractivity contribution is 6.30. The van der Waals surface area contributed by atoms with Crippen LogP contribution in [0, 0.1) is 5.82 Å². The third-order valence-corrected chi connectivity index (χ3v) is 4.13. The second-order valence-corrected chi connectivity index (χ2v) is 5.89. The highest BCUT2D eigenvalue weighted by Gasteiger charge is 2.21. The van der Waals surface area contributed by atoms with Crippen LogP contribution in [0.5, 0.6) is 5.75 Å². The van der Waals surface area contributed by atoms with E-state index in [2.05, 4.69) is 0 Å². The maximum absolute atomic E-state index is 13.1. The predicted octanol–water partition coefficient (Wildman–Crippen LogP) is 3.87. The number of hydrogen-bond donors (Lipinski definition) is 0. The van der Waals surface area contributed by atoms with Crippen molar-refractivity contribution in [3.8, 4) is 5.75 Å². The van der Waals surface area contributed by atoms with Crippen molar-refractivity contribution < 1.29 is 18.7 Å². The van der Waals surface area contributed by atoms with Gasteiger partial charge in [0.05, 0.1) is 5.02 Å². The number of ketones is 1. The van der Waals surface area contributed by atoms with Crippen LogP contribution in [0.4, 0.5) is 10.1 Å². The molecule has 0 N–H and O–H groups in total. The molecule has 0 atom stereocenters. The van der Waals surface area contributed by atoms with Crippen LogP contribution in [0.15, 0.2) is 42.5 Å². The fourth-order valence-corrected chi connectivity index (χ4v) is 2.72. The van der Waals surface area contributed by atoms with E-state index in [9.17, 15) is 14.0 Å². The first-order chi connectivity index (χ1) is 11.5. The third-order valence-electron chi connectivity index (χ3n) is 3.84. The van der Waals surface area contributed by atoms with E-state index in [1.54, 1.807) is 29.2 Å². The van der Waals surface area contributed by atoms with Crippen molar-refractivity contribution in [3.05, 3.63) is 58.9 Å². The minimum absolute atomic E-state index is 0.0559. The minimum Gasteiger partial charge on any atom is -0.485 e. The summed E-state index contributed by atoms with van der Waals surface area (Å²) in [5.74, 6) is -0.322. The molecule has 0 aromatic heterocycles. The average molecular weight is 348 g/mol. The molecule has 0 unspecified atom stereocenters. The van der Waals surface area contributed by atoms with Crippen LogP contribution in [0.25, 0.3) is 0 Å². The van der Waals surface area contributed by atoms with Gasteiger partial charge < -0.3 is 9.64 Å². The topological polar surface area (TPSA) is 46.6 Å². The quantitative estimate of drug-likeness (QED) is 0.771. The Hall–Kier alpha value is -2.40. The maximum Gasteiger partial charge on any atom is 0.227 e. The normalized spacial score (nSPS) is 14.1. The molecule has 0 radical (unpaired) electrons. The molecule has 1 aliphatic heterocycles. The number of hydrogen-bond acceptors (Lipinski definition) is 3. The summed E-state index contributed by atoms with van der Waals surface area (Å²) in [7, 11) is 0. The van der Waals surface area contributed by atoms with Crippen LogP contribution in [-0.4, -0.2) is 24.8 Å². The molecular weight excluding hydrogens is 333 g/mol. The number of Topliss-reactive ketones (excluding diaryl/α,β-unsaturated/α-hetero) is 1. The number of carbonyl (C=O) groups excluding carboxylic acids is 2. The first-order valence-corrected chi connectivity index (χ1v) is 7.94. The lowest BCUT2D eigenvalue weighted by Gasteiger charge is -2.15. The number of rotatable bonds is 5. The summed E-state index contributed by atoms with van der Waals surface area (Å²) in [6.45, 7) is 0.532. The molecule has 4 nitrogen and oxygen atoms in total. The molecule has 3 rings (SSSR count). The Morgan fingerprint density at radius 1 is 1.21 bits per heavy atom. The molecule has 1 fully saturated rings. The number of anilines is 1. The lowest BCUT2D eigenvalue weighted by Crippen LogP contribution is -2.23. The summed E-state index contributed by atoms with van der Waals surface area (Å²) in [6, 6.07) is 10.8. The molecule has 0 saturated carbocycles. The first kappa shape index (κ1) is 16.5. The van der Waals surface area contributed by atoms with Gasteiger partial charge in [0, 0.05) is 30.3 Å². The Bertz CT molecular complexity index is 776. The number of benzene rings is 2. The second kappa shape index (κ2) is 7.01. The Morgan fingerprint density at radius 3 is 2.58 bits per heavy atom. The average Bonchev–Trinajstić information content (AvgIpc) is 3.02. The number of carbonyl (C=O) groups is 2. The van der Waals surface area contributed by atoms with E-state index >= 15 is 0 Å². The summed E-state index contributed by atoms with van der Waals surface area (Å²) >= 11 is 5.67. The van der Waals surface area contributed by atoms with E-state index in [4.69, 9.17) is 16.3 Å². The highest BCUT2D eigenvalue weighted by Crippen LogP contribution is 2.23. The van der Waals surface area contributed by atoms with Crippen molar-refractivity contribution >= 4 is 29.0 Å². The zero-order chi connectivity index (χ0) is 17.1. The predicted molar refractivity (Wildman–Crippen MR) is 89.3 cm³/mol. The Balaban J connectivity index is 1.62. The van der Waals surface area contributed by atoms with Gasteiger partial charge in [-0.3, -0.25) is 9.59 Å². The zero-order valence-electron chi connectivity index (χ0n) is 12.8. The summed E-state index contributed by atoms with van der Waals surface area (Å²) < 4.78 is 18.4. The lowest BCUT2D eigenvalue weighted by atomic mass is 10.1. The molecule has 1 heterocycles. The molecule has 1 amide bonds. The Kier molecular flexibility index (Phi) is 4.81. The van der Waals surface area contributed by atoms with Crippen LogP contribution in [0.3, 0.4) is 0 Å². The molecule has 0 spiro atoms. The highest BCUT2D eigenvalue weighted by atomic mass is 35.5. The van der Waals surface area contributed by atoms with E-state index in [1.807, 2.05) is 0 Å². The molecule has 1 saturated heterocycles. The van der Waals surface area contributed by atoms with Gasteiger partial charge in [-0.1, -0.05) is 11.6 Å². The minimum atomic E-state index is -0.539. The van der Waals surface area contributed by atoms with Gasteiger partial charge in [0.25, 0.3) is 0 Å². The van der Waals surface area contributed by atoms with Crippen molar-refractivity contribution in [2.75, 3.05) is 18.1 Å². The van der Waals surface area contributed by atoms with Gasteiger partial charge in [-0.25, -0.2) is 4.39 Å². The van der Waals surface area contributed by atoms with Crippen molar-refractivity contribution in [1.29, 1.82) is 0 Å². The van der Waals surface area contributed by atoms with Crippen LogP contribution in [0.2, 0.25) is 5.02 Å². The van der Waals surface area contributed by atoms with Gasteiger partial charge in [-0.2, -0.15) is 0 Å². The van der Waals surface area contributed by atoms with Crippen molar-refractivity contribution in [1.82, 2.24) is 0 Å². The molecule has 2 aromatic carbocycles. The van der Waals surface area contributed by atoms with E-state index in [-0.39, 0.29) is 23.3 Å². The number of amides is 1. The van der Waals surface area contributed by atoms with Crippen molar-refractivity contribution in [3.63, 3.8) is 0 Å². The van der Waals surface area contributed by atoms with Gasteiger partial charge in [0.15, 0.2) is 12.4 Å². The molecule has 6 heteroatoms. The molecular formula is C18H15ClFNO3. The lowest BCUT2D eigenvalue weighted by molar-refractivity contribution is -0.117. The van der Waals surface area contributed by atoms with Gasteiger partial charge in [-0.15, -0.1) is 0 Å². The van der Waals surface area contributed by atoms with Gasteiger partial charge in [0.1, 0.15) is 11.6 Å². The van der Waals surface area contributed by atoms with E-state index in [1.165, 1.54) is 18.2 Å².